The van der Waals surface area contributed by atoms with Gasteiger partial charge in [-0.1, -0.05) is 0 Å². The zero-order valence-corrected chi connectivity index (χ0v) is 9.28. The zero-order chi connectivity index (χ0) is 10.3. The summed E-state index contributed by atoms with van der Waals surface area (Å²) in [4.78, 5) is 9.01. The van der Waals surface area contributed by atoms with E-state index in [2.05, 4.69) is 48.8 Å². The van der Waals surface area contributed by atoms with Crippen LogP contribution in [0.3, 0.4) is 0 Å². The third kappa shape index (κ3) is 1.33. The second-order valence-electron chi connectivity index (χ2n) is 4.20. The number of aromatic nitrogens is 1. The molecule has 1 atom stereocenters. The van der Waals surface area contributed by atoms with Crippen molar-refractivity contribution in [3.8, 4) is 0 Å². The van der Waals surface area contributed by atoms with Crippen molar-refractivity contribution in [1.29, 1.82) is 0 Å². The van der Waals surface area contributed by atoms with Gasteiger partial charge in [0, 0.05) is 32.9 Å². The van der Waals surface area contributed by atoms with Crippen molar-refractivity contribution in [2.45, 2.75) is 19.9 Å². The average Bonchev–Trinajstić information content (AvgIpc) is 2.14. The summed E-state index contributed by atoms with van der Waals surface area (Å²) in [5.74, 6) is 1.09. The molecule has 0 unspecified atom stereocenters. The highest BCUT2D eigenvalue weighted by molar-refractivity contribution is 5.70. The van der Waals surface area contributed by atoms with Crippen LogP contribution in [0.5, 0.6) is 0 Å². The monoisotopic (exact) mass is 191 g/mol. The van der Waals surface area contributed by atoms with Gasteiger partial charge in [0.15, 0.2) is 5.82 Å². The molecule has 0 amide bonds. The standard InChI is InChI=1S/C11H17N3/c1-8-5-10-11(12-6-8)14(4)9(2)7-13(10)3/h5-6,9H,7H2,1-4H3/t9-/m1/s1. The van der Waals surface area contributed by atoms with Crippen molar-refractivity contribution < 1.29 is 0 Å². The molecule has 2 rings (SSSR count). The lowest BCUT2D eigenvalue weighted by atomic mass is 10.1. The Morgan fingerprint density at radius 2 is 2.14 bits per heavy atom. The molecule has 1 aromatic rings. The lowest BCUT2D eigenvalue weighted by Gasteiger charge is -2.38. The van der Waals surface area contributed by atoms with E-state index in [1.165, 1.54) is 11.3 Å². The Morgan fingerprint density at radius 3 is 2.86 bits per heavy atom. The summed E-state index contributed by atoms with van der Waals surface area (Å²) >= 11 is 0. The van der Waals surface area contributed by atoms with Gasteiger partial charge >= 0.3 is 0 Å². The Balaban J connectivity index is 2.50. The first kappa shape index (κ1) is 9.31. The molecular weight excluding hydrogens is 174 g/mol. The van der Waals surface area contributed by atoms with Gasteiger partial charge in [0.05, 0.1) is 5.69 Å². The van der Waals surface area contributed by atoms with E-state index in [1.54, 1.807) is 0 Å². The molecule has 3 nitrogen and oxygen atoms in total. The topological polar surface area (TPSA) is 19.4 Å². The van der Waals surface area contributed by atoms with Crippen molar-refractivity contribution in [3.63, 3.8) is 0 Å². The fourth-order valence-electron chi connectivity index (χ4n) is 1.93. The van der Waals surface area contributed by atoms with Crippen LogP contribution in [-0.4, -0.2) is 31.7 Å². The predicted molar refractivity (Wildman–Crippen MR) is 60.1 cm³/mol. The minimum atomic E-state index is 0.530. The Labute approximate surface area is 85.4 Å². The highest BCUT2D eigenvalue weighted by Crippen LogP contribution is 2.31. The van der Waals surface area contributed by atoms with E-state index in [0.29, 0.717) is 6.04 Å². The van der Waals surface area contributed by atoms with Crippen molar-refractivity contribution in [2.75, 3.05) is 30.4 Å². The second kappa shape index (κ2) is 3.15. The Hall–Kier alpha value is -1.25. The minimum Gasteiger partial charge on any atom is -0.370 e. The van der Waals surface area contributed by atoms with Gasteiger partial charge < -0.3 is 9.80 Å². The van der Waals surface area contributed by atoms with Gasteiger partial charge in [-0.05, 0) is 25.5 Å². The molecule has 0 N–H and O–H groups in total. The normalized spacial score (nSPS) is 21.0. The summed E-state index contributed by atoms with van der Waals surface area (Å²) in [7, 11) is 4.24. The average molecular weight is 191 g/mol. The van der Waals surface area contributed by atoms with E-state index in [-0.39, 0.29) is 0 Å². The lowest BCUT2D eigenvalue weighted by Crippen LogP contribution is -2.44. The molecule has 14 heavy (non-hydrogen) atoms. The maximum Gasteiger partial charge on any atom is 0.152 e. The van der Waals surface area contributed by atoms with Crippen molar-refractivity contribution in [2.24, 2.45) is 0 Å². The van der Waals surface area contributed by atoms with Gasteiger partial charge in [0.2, 0.25) is 0 Å². The van der Waals surface area contributed by atoms with Gasteiger partial charge in [-0.3, -0.25) is 0 Å². The van der Waals surface area contributed by atoms with Crippen LogP contribution in [0.1, 0.15) is 12.5 Å². The molecular formula is C11H17N3. The van der Waals surface area contributed by atoms with Crippen molar-refractivity contribution in [1.82, 2.24) is 4.98 Å². The number of hydrogen-bond acceptors (Lipinski definition) is 3. The largest absolute Gasteiger partial charge is 0.370 e. The Kier molecular flexibility index (Phi) is 2.10. The summed E-state index contributed by atoms with van der Waals surface area (Å²) in [5, 5.41) is 0. The fraction of sp³-hybridized carbons (Fsp3) is 0.545. The maximum absolute atomic E-state index is 4.48. The van der Waals surface area contributed by atoms with Crippen LogP contribution in [0.2, 0.25) is 0 Å². The van der Waals surface area contributed by atoms with E-state index in [1.807, 2.05) is 6.20 Å². The van der Waals surface area contributed by atoms with E-state index >= 15 is 0 Å². The molecule has 0 aromatic carbocycles. The third-order valence-electron chi connectivity index (χ3n) is 2.93. The number of likely N-dealkylation sites (N-methyl/N-ethyl adjacent to an activating group) is 2. The number of fused-ring (bicyclic) bond motifs is 1. The summed E-state index contributed by atoms with van der Waals surface area (Å²) in [5.41, 5.74) is 2.46. The molecule has 3 heteroatoms. The first-order chi connectivity index (χ1) is 6.59. The number of hydrogen-bond donors (Lipinski definition) is 0. The highest BCUT2D eigenvalue weighted by atomic mass is 15.3. The molecule has 1 aromatic heterocycles. The Bertz CT molecular complexity index is 348. The first-order valence-electron chi connectivity index (χ1n) is 5.00. The molecule has 1 aliphatic rings. The molecule has 0 saturated carbocycles. The van der Waals surface area contributed by atoms with Gasteiger partial charge in [0.1, 0.15) is 0 Å². The summed E-state index contributed by atoms with van der Waals surface area (Å²) < 4.78 is 0. The summed E-state index contributed by atoms with van der Waals surface area (Å²) in [6.45, 7) is 5.37. The van der Waals surface area contributed by atoms with Crippen molar-refractivity contribution >= 4 is 11.5 Å². The molecule has 1 aliphatic heterocycles. The molecule has 0 saturated heterocycles. The summed E-state index contributed by atoms with van der Waals surface area (Å²) in [6, 6.07) is 2.73. The molecule has 0 spiro atoms. The van der Waals surface area contributed by atoms with Crippen LogP contribution in [0.4, 0.5) is 11.5 Å². The van der Waals surface area contributed by atoms with Crippen LogP contribution in [-0.2, 0) is 0 Å². The van der Waals surface area contributed by atoms with Crippen LogP contribution < -0.4 is 9.80 Å². The van der Waals surface area contributed by atoms with Gasteiger partial charge in [-0.25, -0.2) is 4.98 Å². The summed E-state index contributed by atoms with van der Waals surface area (Å²) in [6.07, 6.45) is 1.93. The molecule has 0 radical (unpaired) electrons. The number of nitrogens with zero attached hydrogens (tertiary/aromatic N) is 3. The number of rotatable bonds is 0. The van der Waals surface area contributed by atoms with E-state index < -0.39 is 0 Å². The van der Waals surface area contributed by atoms with Crippen molar-refractivity contribution in [3.05, 3.63) is 17.8 Å². The molecule has 0 bridgehead atoms. The maximum atomic E-state index is 4.48. The second-order valence-corrected chi connectivity index (χ2v) is 4.20. The smallest absolute Gasteiger partial charge is 0.152 e. The number of pyridine rings is 1. The predicted octanol–water partition coefficient (Wildman–Crippen LogP) is 1.66. The van der Waals surface area contributed by atoms with Gasteiger partial charge in [0.25, 0.3) is 0 Å². The van der Waals surface area contributed by atoms with Gasteiger partial charge in [-0.2, -0.15) is 0 Å². The quantitative estimate of drug-likeness (QED) is 0.622. The number of anilines is 2. The van der Waals surface area contributed by atoms with E-state index in [4.69, 9.17) is 0 Å². The third-order valence-corrected chi connectivity index (χ3v) is 2.93. The molecule has 76 valence electrons. The Morgan fingerprint density at radius 1 is 1.43 bits per heavy atom. The number of aryl methyl sites for hydroxylation is 1. The molecule has 2 heterocycles. The van der Waals surface area contributed by atoms with E-state index in [0.717, 1.165) is 12.4 Å². The first-order valence-corrected chi connectivity index (χ1v) is 5.00. The zero-order valence-electron chi connectivity index (χ0n) is 9.28. The fourth-order valence-corrected chi connectivity index (χ4v) is 1.93. The lowest BCUT2D eigenvalue weighted by molar-refractivity contribution is 0.638. The van der Waals surface area contributed by atoms with Crippen LogP contribution in [0.15, 0.2) is 12.3 Å². The van der Waals surface area contributed by atoms with Crippen LogP contribution >= 0.6 is 0 Å². The SMILES string of the molecule is Cc1cnc2c(c1)N(C)C[C@@H](C)N2C. The van der Waals surface area contributed by atoms with Crippen LogP contribution in [0, 0.1) is 6.92 Å². The highest BCUT2D eigenvalue weighted by Gasteiger charge is 2.24. The van der Waals surface area contributed by atoms with Gasteiger partial charge in [-0.15, -0.1) is 0 Å². The van der Waals surface area contributed by atoms with E-state index in [9.17, 15) is 0 Å². The molecule has 0 aliphatic carbocycles. The van der Waals surface area contributed by atoms with Crippen LogP contribution in [0.25, 0.3) is 0 Å². The molecule has 0 fully saturated rings. The minimum absolute atomic E-state index is 0.530.